The Bertz CT molecular complexity index is 272. The molecule has 2 saturated carbocycles. The highest BCUT2D eigenvalue weighted by Gasteiger charge is 2.62. The second-order valence-corrected chi connectivity index (χ2v) is 11.6. The summed E-state index contributed by atoms with van der Waals surface area (Å²) in [5, 5.41) is 0. The van der Waals surface area contributed by atoms with Gasteiger partial charge in [0.25, 0.3) is 0 Å². The van der Waals surface area contributed by atoms with E-state index in [2.05, 4.69) is 75.5 Å². The van der Waals surface area contributed by atoms with Crippen molar-refractivity contribution in [2.24, 2.45) is 10.8 Å². The fourth-order valence-electron chi connectivity index (χ4n) is 4.02. The molecule has 0 aromatic heterocycles. The molecule has 0 spiro atoms. The van der Waals surface area contributed by atoms with Crippen LogP contribution in [0.2, 0.25) is 0 Å². The average Bonchev–Trinajstić information content (AvgIpc) is 2.57. The summed E-state index contributed by atoms with van der Waals surface area (Å²) in [6.45, 7) is 0. The molecule has 3 aliphatic rings. The van der Waals surface area contributed by atoms with Gasteiger partial charge in [0.15, 0.2) is 0 Å². The molecule has 0 aromatic carbocycles. The van der Waals surface area contributed by atoms with E-state index in [0.717, 1.165) is 0 Å². The highest BCUT2D eigenvalue weighted by Crippen LogP contribution is 2.68. The molecule has 2 aliphatic carbocycles. The van der Waals surface area contributed by atoms with Crippen LogP contribution in [-0.2, 0) is 0 Å². The standard InChI is InChI=1S/C12H16Br4S/c13-7-1-11-2-9(15)10(16)4-12(11,3-8(7)14)6-17-5-11/h7-10H,1-6H2/t7-,8-,9-,10+,11?,12?/m0/s1. The Balaban J connectivity index is 1.96. The minimum absolute atomic E-state index is 0.578. The first kappa shape index (κ1) is 14.2. The first-order valence-electron chi connectivity index (χ1n) is 6.12. The van der Waals surface area contributed by atoms with Gasteiger partial charge in [0.2, 0.25) is 0 Å². The lowest BCUT2D eigenvalue weighted by Crippen LogP contribution is -2.56. The summed E-state index contributed by atoms with van der Waals surface area (Å²) in [6, 6.07) is 0. The third-order valence-electron chi connectivity index (χ3n) is 5.01. The lowest BCUT2D eigenvalue weighted by atomic mass is 9.52. The Morgan fingerprint density at radius 1 is 0.647 bits per heavy atom. The molecule has 6 atom stereocenters. The van der Waals surface area contributed by atoms with E-state index in [0.29, 0.717) is 30.1 Å². The molecule has 5 heteroatoms. The van der Waals surface area contributed by atoms with Gasteiger partial charge in [0.1, 0.15) is 0 Å². The van der Waals surface area contributed by atoms with E-state index in [1.165, 1.54) is 37.2 Å². The van der Waals surface area contributed by atoms with Gasteiger partial charge in [-0.1, -0.05) is 63.7 Å². The molecule has 17 heavy (non-hydrogen) atoms. The van der Waals surface area contributed by atoms with E-state index >= 15 is 0 Å². The van der Waals surface area contributed by atoms with Crippen molar-refractivity contribution < 1.29 is 0 Å². The third kappa shape index (κ3) is 2.16. The first-order valence-corrected chi connectivity index (χ1v) is 10.9. The number of thioether (sulfide) groups is 1. The summed E-state index contributed by atoms with van der Waals surface area (Å²) in [5.74, 6) is 2.74. The molecule has 1 heterocycles. The van der Waals surface area contributed by atoms with Crippen LogP contribution in [0.15, 0.2) is 0 Å². The van der Waals surface area contributed by atoms with Crippen LogP contribution in [-0.4, -0.2) is 30.8 Å². The van der Waals surface area contributed by atoms with Gasteiger partial charge in [0, 0.05) is 19.3 Å². The Labute approximate surface area is 141 Å². The fourth-order valence-corrected chi connectivity index (χ4v) is 9.21. The Kier molecular flexibility index (Phi) is 4.12. The summed E-state index contributed by atoms with van der Waals surface area (Å²) in [7, 11) is 0. The van der Waals surface area contributed by atoms with Crippen LogP contribution < -0.4 is 0 Å². The van der Waals surface area contributed by atoms with Gasteiger partial charge in [0.05, 0.1) is 0 Å². The highest BCUT2D eigenvalue weighted by atomic mass is 79.9. The average molecular weight is 512 g/mol. The molecule has 1 saturated heterocycles. The van der Waals surface area contributed by atoms with E-state index < -0.39 is 0 Å². The monoisotopic (exact) mass is 508 g/mol. The molecule has 2 unspecified atom stereocenters. The topological polar surface area (TPSA) is 0 Å². The van der Waals surface area contributed by atoms with Crippen LogP contribution in [0, 0.1) is 10.8 Å². The second-order valence-electron chi connectivity index (χ2n) is 5.93. The van der Waals surface area contributed by atoms with Gasteiger partial charge >= 0.3 is 0 Å². The van der Waals surface area contributed by atoms with E-state index in [4.69, 9.17) is 0 Å². The van der Waals surface area contributed by atoms with Crippen LogP contribution in [0.3, 0.4) is 0 Å². The lowest BCUT2D eigenvalue weighted by Gasteiger charge is -2.57. The second kappa shape index (κ2) is 4.92. The van der Waals surface area contributed by atoms with E-state index in [1.807, 2.05) is 0 Å². The Morgan fingerprint density at radius 2 is 0.941 bits per heavy atom. The third-order valence-corrected chi connectivity index (χ3v) is 11.8. The van der Waals surface area contributed by atoms with Crippen LogP contribution in [0.5, 0.6) is 0 Å². The molecule has 1 aliphatic heterocycles. The van der Waals surface area contributed by atoms with E-state index in [9.17, 15) is 0 Å². The number of hydrogen-bond donors (Lipinski definition) is 0. The number of hydrogen-bond acceptors (Lipinski definition) is 1. The van der Waals surface area contributed by atoms with Crippen LogP contribution in [0.1, 0.15) is 25.7 Å². The summed E-state index contributed by atoms with van der Waals surface area (Å²) < 4.78 is 0. The molecular formula is C12H16Br4S. The molecule has 0 radical (unpaired) electrons. The Morgan fingerprint density at radius 3 is 1.24 bits per heavy atom. The number of halogens is 4. The number of alkyl halides is 4. The van der Waals surface area contributed by atoms with E-state index in [-0.39, 0.29) is 0 Å². The van der Waals surface area contributed by atoms with Crippen molar-refractivity contribution in [3.63, 3.8) is 0 Å². The SMILES string of the molecule is Br[C@@H]1CC23CSCC2(C[C@@H]1Br)C[C@H](Br)[C@@H](Br)C3. The van der Waals surface area contributed by atoms with Crippen molar-refractivity contribution in [2.75, 3.05) is 11.5 Å². The molecule has 3 fully saturated rings. The molecule has 0 bridgehead atoms. The molecule has 3 rings (SSSR count). The fraction of sp³-hybridized carbons (Fsp3) is 1.00. The molecular weight excluding hydrogens is 496 g/mol. The molecule has 0 nitrogen and oxygen atoms in total. The van der Waals surface area contributed by atoms with Crippen molar-refractivity contribution in [2.45, 2.75) is 45.0 Å². The zero-order chi connectivity index (χ0) is 12.3. The predicted octanol–water partition coefficient (Wildman–Crippen LogP) is 5.35. The summed E-state index contributed by atoms with van der Waals surface area (Å²) in [6.07, 6.45) is 5.38. The normalized spacial score (nSPS) is 58.6. The zero-order valence-electron chi connectivity index (χ0n) is 9.47. The first-order chi connectivity index (χ1) is 7.98. The van der Waals surface area contributed by atoms with Crippen molar-refractivity contribution in [3.05, 3.63) is 0 Å². The maximum absolute atomic E-state index is 3.90. The van der Waals surface area contributed by atoms with Crippen LogP contribution >= 0.6 is 75.5 Å². The minimum Gasteiger partial charge on any atom is -0.161 e. The summed E-state index contributed by atoms with van der Waals surface area (Å²) in [4.78, 5) is 2.61. The number of rotatable bonds is 0. The highest BCUT2D eigenvalue weighted by molar-refractivity contribution is 9.12. The molecule has 98 valence electrons. The van der Waals surface area contributed by atoms with Gasteiger partial charge in [-0.25, -0.2) is 0 Å². The summed E-state index contributed by atoms with van der Waals surface area (Å²) in [5.41, 5.74) is 1.16. The van der Waals surface area contributed by atoms with Crippen molar-refractivity contribution in [1.82, 2.24) is 0 Å². The Hall–Kier alpha value is 2.27. The largest absolute Gasteiger partial charge is 0.161 e. The van der Waals surface area contributed by atoms with Gasteiger partial charge in [-0.2, -0.15) is 11.8 Å². The van der Waals surface area contributed by atoms with Crippen molar-refractivity contribution >= 4 is 75.5 Å². The molecule has 0 amide bonds. The van der Waals surface area contributed by atoms with Gasteiger partial charge in [-0.05, 0) is 48.0 Å². The molecule has 0 aromatic rings. The lowest BCUT2D eigenvalue weighted by molar-refractivity contribution is 0.00618. The predicted molar refractivity (Wildman–Crippen MR) is 91.5 cm³/mol. The smallest absolute Gasteiger partial charge is 0.0277 e. The van der Waals surface area contributed by atoms with Gasteiger partial charge in [-0.3, -0.25) is 0 Å². The maximum Gasteiger partial charge on any atom is 0.0277 e. The van der Waals surface area contributed by atoms with Gasteiger partial charge < -0.3 is 0 Å². The van der Waals surface area contributed by atoms with Crippen molar-refractivity contribution in [3.8, 4) is 0 Å². The zero-order valence-corrected chi connectivity index (χ0v) is 16.6. The maximum atomic E-state index is 3.90. The van der Waals surface area contributed by atoms with Gasteiger partial charge in [-0.15, -0.1) is 0 Å². The minimum atomic E-state index is 0.578. The molecule has 0 N–H and O–H groups in total. The van der Waals surface area contributed by atoms with Crippen LogP contribution in [0.25, 0.3) is 0 Å². The van der Waals surface area contributed by atoms with E-state index in [1.54, 1.807) is 0 Å². The van der Waals surface area contributed by atoms with Crippen LogP contribution in [0.4, 0.5) is 0 Å². The summed E-state index contributed by atoms with van der Waals surface area (Å²) >= 11 is 17.8. The quantitative estimate of drug-likeness (QED) is 0.395. The van der Waals surface area contributed by atoms with Crippen molar-refractivity contribution in [1.29, 1.82) is 0 Å².